The molecule has 1 saturated heterocycles. The molecule has 5 nitrogen and oxygen atoms in total. The van der Waals surface area contributed by atoms with Gasteiger partial charge in [-0.2, -0.15) is 0 Å². The molecule has 0 spiro atoms. The number of carbonyl (C=O) groups is 2. The maximum absolute atomic E-state index is 12.4. The molecule has 1 fully saturated rings. The lowest BCUT2D eigenvalue weighted by Crippen LogP contribution is -2.47. The Morgan fingerprint density at radius 2 is 1.72 bits per heavy atom. The van der Waals surface area contributed by atoms with Gasteiger partial charge in [0, 0.05) is 18.1 Å². The van der Waals surface area contributed by atoms with Crippen LogP contribution in [0.2, 0.25) is 20.1 Å². The van der Waals surface area contributed by atoms with Crippen molar-refractivity contribution in [2.24, 2.45) is 5.92 Å². The lowest BCUT2D eigenvalue weighted by molar-refractivity contribution is -0.122. The molecule has 3 rings (SSSR count). The van der Waals surface area contributed by atoms with Crippen LogP contribution >= 0.6 is 46.4 Å². The first kappa shape index (κ1) is 25.1. The van der Waals surface area contributed by atoms with E-state index in [0.29, 0.717) is 27.5 Å². The van der Waals surface area contributed by atoms with Crippen molar-refractivity contribution in [1.29, 1.82) is 0 Å². The molecule has 0 radical (unpaired) electrons. The Morgan fingerprint density at radius 3 is 2.38 bits per heavy atom. The second-order valence-electron chi connectivity index (χ2n) is 8.03. The summed E-state index contributed by atoms with van der Waals surface area (Å²) in [4.78, 5) is 27.2. The Balaban J connectivity index is 1.40. The van der Waals surface area contributed by atoms with E-state index in [1.807, 2.05) is 18.2 Å². The summed E-state index contributed by atoms with van der Waals surface area (Å²) in [6.07, 6.45) is 1.98. The average molecular weight is 517 g/mol. The van der Waals surface area contributed by atoms with Crippen LogP contribution in [-0.2, 0) is 11.3 Å². The summed E-state index contributed by atoms with van der Waals surface area (Å²) in [5.41, 5.74) is 1.42. The zero-order chi connectivity index (χ0) is 23.3. The fourth-order valence-electron chi connectivity index (χ4n) is 3.66. The van der Waals surface area contributed by atoms with Crippen molar-refractivity contribution >= 4 is 58.2 Å². The molecule has 9 heteroatoms. The number of halogens is 4. The Morgan fingerprint density at radius 1 is 1.00 bits per heavy atom. The largest absolute Gasteiger partial charge is 0.354 e. The lowest BCUT2D eigenvalue weighted by Gasteiger charge is -2.32. The Kier molecular flexibility index (Phi) is 9.09. The van der Waals surface area contributed by atoms with Crippen LogP contribution in [0.3, 0.4) is 0 Å². The molecule has 172 valence electrons. The highest BCUT2D eigenvalue weighted by atomic mass is 35.5. The molecule has 0 saturated carbocycles. The number of benzene rings is 2. The topological polar surface area (TPSA) is 61.4 Å². The average Bonchev–Trinajstić information content (AvgIpc) is 2.75. The van der Waals surface area contributed by atoms with Gasteiger partial charge in [0.05, 0.1) is 20.6 Å². The van der Waals surface area contributed by atoms with Crippen LogP contribution in [0.4, 0.5) is 0 Å². The Hall–Kier alpha value is -1.50. The summed E-state index contributed by atoms with van der Waals surface area (Å²) in [5.74, 6) is -0.232. The van der Waals surface area contributed by atoms with Gasteiger partial charge in [0.15, 0.2) is 0 Å². The van der Waals surface area contributed by atoms with Crippen LogP contribution in [0, 0.1) is 5.92 Å². The van der Waals surface area contributed by atoms with E-state index in [-0.39, 0.29) is 16.5 Å². The van der Waals surface area contributed by atoms with Gasteiger partial charge in [-0.1, -0.05) is 52.5 Å². The summed E-state index contributed by atoms with van der Waals surface area (Å²) < 4.78 is 0. The zero-order valence-corrected chi connectivity index (χ0v) is 20.7. The lowest BCUT2D eigenvalue weighted by atomic mass is 9.96. The minimum Gasteiger partial charge on any atom is -0.354 e. The normalized spacial score (nSPS) is 15.9. The highest BCUT2D eigenvalue weighted by molar-refractivity contribution is 6.42. The number of carbonyl (C=O) groups excluding carboxylic acids is 2. The van der Waals surface area contributed by atoms with E-state index in [4.69, 9.17) is 46.4 Å². The predicted octanol–water partition coefficient (Wildman–Crippen LogP) is 5.45. The van der Waals surface area contributed by atoms with Gasteiger partial charge in [0.25, 0.3) is 5.91 Å². The van der Waals surface area contributed by atoms with E-state index in [1.165, 1.54) is 12.1 Å². The number of hydrogen-bond acceptors (Lipinski definition) is 3. The molecular formula is C23H25Cl4N3O2. The summed E-state index contributed by atoms with van der Waals surface area (Å²) in [6, 6.07) is 9.66. The van der Waals surface area contributed by atoms with Crippen LogP contribution in [-0.4, -0.2) is 42.4 Å². The molecule has 1 aliphatic rings. The minimum absolute atomic E-state index is 0.221. The van der Waals surface area contributed by atoms with Crippen molar-refractivity contribution in [3.8, 4) is 0 Å². The molecular weight excluding hydrogens is 492 g/mol. The number of amides is 2. The SMILES string of the molecule is C[C@H](NC(=O)c1ccc(Cl)cc1Cl)C(=O)NCC1CCN(Cc2ccc(Cl)c(Cl)c2)CC1. The van der Waals surface area contributed by atoms with Crippen LogP contribution in [0.15, 0.2) is 36.4 Å². The van der Waals surface area contributed by atoms with Crippen LogP contribution < -0.4 is 10.6 Å². The Labute approximate surface area is 208 Å². The highest BCUT2D eigenvalue weighted by Gasteiger charge is 2.22. The molecule has 2 aromatic carbocycles. The molecule has 32 heavy (non-hydrogen) atoms. The fourth-order valence-corrected chi connectivity index (χ4v) is 4.47. The molecule has 2 N–H and O–H groups in total. The van der Waals surface area contributed by atoms with E-state index in [9.17, 15) is 9.59 Å². The summed E-state index contributed by atoms with van der Waals surface area (Å²) >= 11 is 24.0. The number of nitrogens with zero attached hydrogens (tertiary/aromatic N) is 1. The van der Waals surface area contributed by atoms with E-state index >= 15 is 0 Å². The van der Waals surface area contributed by atoms with Gasteiger partial charge in [-0.3, -0.25) is 14.5 Å². The third-order valence-electron chi connectivity index (χ3n) is 5.58. The van der Waals surface area contributed by atoms with Gasteiger partial charge in [-0.05, 0) is 74.7 Å². The highest BCUT2D eigenvalue weighted by Crippen LogP contribution is 2.25. The van der Waals surface area contributed by atoms with Gasteiger partial charge < -0.3 is 10.6 Å². The number of likely N-dealkylation sites (tertiary alicyclic amines) is 1. The summed E-state index contributed by atoms with van der Waals surface area (Å²) in [7, 11) is 0. The molecule has 1 heterocycles. The van der Waals surface area contributed by atoms with Crippen LogP contribution in [0.1, 0.15) is 35.7 Å². The number of hydrogen-bond donors (Lipinski definition) is 2. The minimum atomic E-state index is -0.677. The quantitative estimate of drug-likeness (QED) is 0.514. The zero-order valence-electron chi connectivity index (χ0n) is 17.6. The maximum atomic E-state index is 12.4. The molecule has 0 unspecified atom stereocenters. The van der Waals surface area contributed by atoms with Crippen molar-refractivity contribution < 1.29 is 9.59 Å². The first-order valence-electron chi connectivity index (χ1n) is 10.4. The van der Waals surface area contributed by atoms with E-state index < -0.39 is 11.9 Å². The molecule has 1 aliphatic heterocycles. The molecule has 2 aromatic rings. The second kappa shape index (κ2) is 11.6. The Bertz CT molecular complexity index is 978. The summed E-state index contributed by atoms with van der Waals surface area (Å²) in [5, 5.41) is 7.46. The van der Waals surface area contributed by atoms with E-state index in [2.05, 4.69) is 15.5 Å². The van der Waals surface area contributed by atoms with E-state index in [1.54, 1.807) is 13.0 Å². The van der Waals surface area contributed by atoms with Crippen molar-refractivity contribution in [2.75, 3.05) is 19.6 Å². The monoisotopic (exact) mass is 515 g/mol. The van der Waals surface area contributed by atoms with Crippen molar-refractivity contribution in [3.63, 3.8) is 0 Å². The smallest absolute Gasteiger partial charge is 0.253 e. The second-order valence-corrected chi connectivity index (χ2v) is 9.69. The van der Waals surface area contributed by atoms with Crippen molar-refractivity contribution in [3.05, 3.63) is 67.6 Å². The fraction of sp³-hybridized carbons (Fsp3) is 0.391. The first-order chi connectivity index (χ1) is 15.2. The molecule has 1 atom stereocenters. The van der Waals surface area contributed by atoms with Gasteiger partial charge in [0.2, 0.25) is 5.91 Å². The number of nitrogens with one attached hydrogen (secondary N) is 2. The predicted molar refractivity (Wildman–Crippen MR) is 131 cm³/mol. The van der Waals surface area contributed by atoms with Crippen molar-refractivity contribution in [1.82, 2.24) is 15.5 Å². The van der Waals surface area contributed by atoms with Crippen LogP contribution in [0.25, 0.3) is 0 Å². The van der Waals surface area contributed by atoms with E-state index in [0.717, 1.165) is 38.0 Å². The molecule has 2 amide bonds. The standard InChI is InChI=1S/C23H25Cl4N3O2/c1-14(29-23(32)18-4-3-17(24)11-20(18)26)22(31)28-12-15-6-8-30(9-7-15)13-16-2-5-19(25)21(27)10-16/h2-5,10-11,14-15H,6-9,12-13H2,1H3,(H,28,31)(H,29,32)/t14-/m0/s1. The number of rotatable bonds is 7. The summed E-state index contributed by atoms with van der Waals surface area (Å²) in [6.45, 7) is 4.95. The van der Waals surface area contributed by atoms with Gasteiger partial charge in [-0.25, -0.2) is 0 Å². The molecule has 0 bridgehead atoms. The van der Waals surface area contributed by atoms with Crippen molar-refractivity contribution in [2.45, 2.75) is 32.4 Å². The van der Waals surface area contributed by atoms with Gasteiger partial charge >= 0.3 is 0 Å². The third-order valence-corrected chi connectivity index (χ3v) is 6.87. The molecule has 0 aliphatic carbocycles. The first-order valence-corrected chi connectivity index (χ1v) is 11.9. The van der Waals surface area contributed by atoms with Crippen LogP contribution in [0.5, 0.6) is 0 Å². The molecule has 0 aromatic heterocycles. The van der Waals surface area contributed by atoms with Gasteiger partial charge in [-0.15, -0.1) is 0 Å². The third kappa shape index (κ3) is 7.00. The van der Waals surface area contributed by atoms with Gasteiger partial charge in [0.1, 0.15) is 6.04 Å². The maximum Gasteiger partial charge on any atom is 0.253 e. The number of piperidine rings is 1.